The van der Waals surface area contributed by atoms with Crippen molar-refractivity contribution in [2.75, 3.05) is 0 Å². The summed E-state index contributed by atoms with van der Waals surface area (Å²) in [5.41, 5.74) is -0.661. The zero-order valence-corrected chi connectivity index (χ0v) is 11.5. The quantitative estimate of drug-likeness (QED) is 0.282. The predicted molar refractivity (Wildman–Crippen MR) is 71.1 cm³/mol. The number of nitro groups is 1. The Hall–Kier alpha value is -2.16. The Labute approximate surface area is 113 Å². The van der Waals surface area contributed by atoms with Gasteiger partial charge in [-0.3, -0.25) is 15.4 Å². The van der Waals surface area contributed by atoms with E-state index in [-0.39, 0.29) is 10.8 Å². The minimum absolute atomic E-state index is 0.0207. The van der Waals surface area contributed by atoms with Crippen LogP contribution in [0, 0.1) is 10.1 Å². The standard InChI is InChI=1S/C10H14N4O4S/c1-10(2,3)18-9(15)12-8(13-11)6-4-5-7(19-6)14(16)17/h4-5H,11H2,1-3H3,(H,12,13,15). The van der Waals surface area contributed by atoms with Gasteiger partial charge in [-0.25, -0.2) is 4.79 Å². The summed E-state index contributed by atoms with van der Waals surface area (Å²) in [6, 6.07) is 2.76. The number of hydrogen-bond donors (Lipinski definition) is 2. The minimum atomic E-state index is -0.729. The second-order valence-corrected chi connectivity index (χ2v) is 5.56. The highest BCUT2D eigenvalue weighted by Gasteiger charge is 2.20. The van der Waals surface area contributed by atoms with Crippen molar-refractivity contribution in [2.45, 2.75) is 26.4 Å². The van der Waals surface area contributed by atoms with Crippen LogP contribution in [-0.4, -0.2) is 22.5 Å². The molecule has 19 heavy (non-hydrogen) atoms. The van der Waals surface area contributed by atoms with Crippen LogP contribution in [0.1, 0.15) is 25.6 Å². The number of carbonyl (C=O) groups excluding carboxylic acids is 1. The lowest BCUT2D eigenvalue weighted by Crippen LogP contribution is -2.37. The zero-order chi connectivity index (χ0) is 14.6. The largest absolute Gasteiger partial charge is 0.444 e. The van der Waals surface area contributed by atoms with Crippen LogP contribution in [0.3, 0.4) is 0 Å². The van der Waals surface area contributed by atoms with E-state index in [1.54, 1.807) is 20.8 Å². The second kappa shape index (κ2) is 5.65. The Kier molecular flexibility index (Phi) is 4.43. The first kappa shape index (κ1) is 14.9. The number of thiophene rings is 1. The molecule has 1 aromatic rings. The molecule has 8 nitrogen and oxygen atoms in total. The Balaban J connectivity index is 2.79. The van der Waals surface area contributed by atoms with Crippen molar-refractivity contribution in [1.29, 1.82) is 0 Å². The average molecular weight is 286 g/mol. The molecule has 0 fully saturated rings. The summed E-state index contributed by atoms with van der Waals surface area (Å²) in [4.78, 5) is 22.0. The van der Waals surface area contributed by atoms with E-state index in [1.165, 1.54) is 12.1 Å². The summed E-state index contributed by atoms with van der Waals surface area (Å²) in [7, 11) is 0. The second-order valence-electron chi connectivity index (χ2n) is 4.50. The lowest BCUT2D eigenvalue weighted by Gasteiger charge is -2.19. The van der Waals surface area contributed by atoms with Gasteiger partial charge in [-0.15, -0.1) is 0 Å². The van der Waals surface area contributed by atoms with Crippen LogP contribution in [0.15, 0.2) is 17.2 Å². The molecule has 0 spiro atoms. The van der Waals surface area contributed by atoms with Gasteiger partial charge in [0.2, 0.25) is 0 Å². The van der Waals surface area contributed by atoms with Crippen LogP contribution >= 0.6 is 11.3 Å². The van der Waals surface area contributed by atoms with Crippen molar-refractivity contribution in [3.63, 3.8) is 0 Å². The van der Waals surface area contributed by atoms with E-state index in [9.17, 15) is 14.9 Å². The van der Waals surface area contributed by atoms with E-state index in [0.29, 0.717) is 4.88 Å². The summed E-state index contributed by atoms with van der Waals surface area (Å²) in [5.74, 6) is 5.18. The number of nitrogens with zero attached hydrogens (tertiary/aromatic N) is 2. The smallest absolute Gasteiger partial charge is 0.413 e. The summed E-state index contributed by atoms with van der Waals surface area (Å²) in [6.07, 6.45) is -0.729. The van der Waals surface area contributed by atoms with Crippen LogP contribution in [-0.2, 0) is 4.74 Å². The number of nitrogens with one attached hydrogen (secondary N) is 1. The monoisotopic (exact) mass is 286 g/mol. The highest BCUT2D eigenvalue weighted by Crippen LogP contribution is 2.24. The number of ether oxygens (including phenoxy) is 1. The Morgan fingerprint density at radius 3 is 2.58 bits per heavy atom. The Morgan fingerprint density at radius 2 is 2.16 bits per heavy atom. The number of rotatable bonds is 2. The van der Waals surface area contributed by atoms with Crippen LogP contribution in [0.25, 0.3) is 0 Å². The highest BCUT2D eigenvalue weighted by atomic mass is 32.1. The molecule has 104 valence electrons. The van der Waals surface area contributed by atoms with E-state index in [0.717, 1.165) is 11.3 Å². The molecule has 0 radical (unpaired) electrons. The zero-order valence-electron chi connectivity index (χ0n) is 10.7. The van der Waals surface area contributed by atoms with E-state index in [1.807, 2.05) is 0 Å². The van der Waals surface area contributed by atoms with Crippen molar-refractivity contribution < 1.29 is 14.5 Å². The molecule has 0 atom stereocenters. The highest BCUT2D eigenvalue weighted by molar-refractivity contribution is 7.17. The fourth-order valence-electron chi connectivity index (χ4n) is 1.11. The summed E-state index contributed by atoms with van der Waals surface area (Å²) >= 11 is 0.853. The number of hydrogen-bond acceptors (Lipinski definition) is 7. The van der Waals surface area contributed by atoms with Gasteiger partial charge in [-0.2, -0.15) is 5.10 Å². The van der Waals surface area contributed by atoms with Crippen molar-refractivity contribution >= 4 is 28.3 Å². The Morgan fingerprint density at radius 1 is 1.53 bits per heavy atom. The average Bonchev–Trinajstić information content (AvgIpc) is 2.72. The van der Waals surface area contributed by atoms with Gasteiger partial charge in [0, 0.05) is 6.07 Å². The Bertz CT molecular complexity index is 518. The van der Waals surface area contributed by atoms with Gasteiger partial charge < -0.3 is 10.6 Å². The van der Waals surface area contributed by atoms with Gasteiger partial charge in [-0.05, 0) is 26.8 Å². The fourth-order valence-corrected chi connectivity index (χ4v) is 1.88. The van der Waals surface area contributed by atoms with Gasteiger partial charge in [0.15, 0.2) is 5.84 Å². The molecule has 0 unspecified atom stereocenters. The van der Waals surface area contributed by atoms with Gasteiger partial charge in [0.05, 0.1) is 9.80 Å². The lowest BCUT2D eigenvalue weighted by atomic mass is 10.2. The molecular formula is C10H14N4O4S. The third-order valence-electron chi connectivity index (χ3n) is 1.75. The normalized spacial score (nSPS) is 12.1. The van der Waals surface area contributed by atoms with Gasteiger partial charge >= 0.3 is 11.1 Å². The first-order chi connectivity index (χ1) is 8.73. The van der Waals surface area contributed by atoms with E-state index in [4.69, 9.17) is 10.6 Å². The molecular weight excluding hydrogens is 272 g/mol. The van der Waals surface area contributed by atoms with E-state index < -0.39 is 16.6 Å². The summed E-state index contributed by atoms with van der Waals surface area (Å²) in [6.45, 7) is 5.13. The maximum absolute atomic E-state index is 11.5. The number of nitrogens with two attached hydrogens (primary N) is 1. The molecule has 3 N–H and O–H groups in total. The first-order valence-corrected chi connectivity index (χ1v) is 6.07. The number of hydrazone groups is 1. The molecule has 0 aliphatic heterocycles. The number of carbonyl (C=O) groups is 1. The molecule has 0 saturated carbocycles. The van der Waals surface area contributed by atoms with Crippen LogP contribution in [0.2, 0.25) is 0 Å². The number of amidine groups is 1. The molecule has 0 saturated heterocycles. The van der Waals surface area contributed by atoms with Crippen molar-refractivity contribution in [3.05, 3.63) is 27.1 Å². The topological polar surface area (TPSA) is 120 Å². The van der Waals surface area contributed by atoms with Gasteiger partial charge in [0.25, 0.3) is 0 Å². The molecule has 1 rings (SSSR count). The van der Waals surface area contributed by atoms with Crippen molar-refractivity contribution in [1.82, 2.24) is 5.32 Å². The third-order valence-corrected chi connectivity index (χ3v) is 2.80. The van der Waals surface area contributed by atoms with Gasteiger partial charge in [0.1, 0.15) is 5.60 Å². The van der Waals surface area contributed by atoms with Crippen LogP contribution < -0.4 is 11.2 Å². The molecule has 0 aliphatic carbocycles. The number of amides is 1. The third kappa shape index (κ3) is 4.54. The van der Waals surface area contributed by atoms with Crippen molar-refractivity contribution in [2.24, 2.45) is 10.9 Å². The molecule has 1 amide bonds. The summed E-state index contributed by atoms with van der Waals surface area (Å²) < 4.78 is 5.03. The molecule has 0 aliphatic rings. The maximum Gasteiger partial charge on any atom is 0.413 e. The molecule has 9 heteroatoms. The fraction of sp³-hybridized carbons (Fsp3) is 0.400. The SMILES string of the molecule is CC(C)(C)OC(=O)NC(=NN)c1ccc([N+](=O)[O-])s1. The minimum Gasteiger partial charge on any atom is -0.444 e. The van der Waals surface area contributed by atoms with Gasteiger partial charge in [-0.1, -0.05) is 11.3 Å². The lowest BCUT2D eigenvalue weighted by molar-refractivity contribution is -0.380. The van der Waals surface area contributed by atoms with E-state index >= 15 is 0 Å². The molecule has 0 aromatic carbocycles. The first-order valence-electron chi connectivity index (χ1n) is 5.25. The molecule has 0 bridgehead atoms. The van der Waals surface area contributed by atoms with Crippen LogP contribution in [0.5, 0.6) is 0 Å². The van der Waals surface area contributed by atoms with E-state index in [2.05, 4.69) is 10.4 Å². The summed E-state index contributed by atoms with van der Waals surface area (Å²) in [5, 5.41) is 16.2. The molecule has 1 heterocycles. The maximum atomic E-state index is 11.5. The number of alkyl carbamates (subject to hydrolysis) is 1. The predicted octanol–water partition coefficient (Wildman–Crippen LogP) is 1.80. The van der Waals surface area contributed by atoms with Crippen molar-refractivity contribution in [3.8, 4) is 0 Å². The molecule has 1 aromatic heterocycles. The van der Waals surface area contributed by atoms with Crippen LogP contribution in [0.4, 0.5) is 9.80 Å².